The average molecular weight is 281 g/mol. The lowest BCUT2D eigenvalue weighted by Crippen LogP contribution is -2.22. The number of aromatic nitrogens is 1. The number of hydrogen-bond acceptors (Lipinski definition) is 4. The van der Waals surface area contributed by atoms with Crippen LogP contribution in [0.4, 0.5) is 5.82 Å². The Kier molecular flexibility index (Phi) is 3.84. The molecule has 0 aliphatic carbocycles. The molecule has 2 rings (SSSR count). The molecule has 4 nitrogen and oxygen atoms in total. The molecule has 0 amide bonds. The number of nitrogens with zero attached hydrogens (tertiary/aromatic N) is 2. The van der Waals surface area contributed by atoms with Crippen LogP contribution in [0.3, 0.4) is 0 Å². The van der Waals surface area contributed by atoms with Crippen molar-refractivity contribution in [2.75, 3.05) is 11.9 Å². The summed E-state index contributed by atoms with van der Waals surface area (Å²) in [6, 6.07) is 7.43. The van der Waals surface area contributed by atoms with Gasteiger partial charge >= 0.3 is 0 Å². The Morgan fingerprint density at radius 2 is 2.28 bits per heavy atom. The van der Waals surface area contributed by atoms with E-state index in [1.807, 2.05) is 24.1 Å². The van der Waals surface area contributed by atoms with E-state index in [9.17, 15) is 0 Å². The first kappa shape index (κ1) is 12.9. The fraction of sp³-hybridized carbons (Fsp3) is 0.167. The Hall–Kier alpha value is -1.59. The van der Waals surface area contributed by atoms with Gasteiger partial charge in [-0.05, 0) is 24.3 Å². The summed E-state index contributed by atoms with van der Waals surface area (Å²) in [5.41, 5.74) is 6.19. The van der Waals surface area contributed by atoms with Gasteiger partial charge in [0.2, 0.25) is 0 Å². The van der Waals surface area contributed by atoms with Crippen molar-refractivity contribution in [3.8, 4) is 0 Å². The average Bonchev–Trinajstić information content (AvgIpc) is 2.74. The minimum Gasteiger partial charge on any atom is -0.384 e. The molecule has 6 heteroatoms. The zero-order valence-electron chi connectivity index (χ0n) is 9.85. The molecule has 0 saturated heterocycles. The molecule has 0 spiro atoms. The van der Waals surface area contributed by atoms with Crippen LogP contribution >= 0.6 is 22.9 Å². The lowest BCUT2D eigenvalue weighted by atomic mass is 10.2. The Labute approximate surface area is 115 Å². The molecule has 94 valence electrons. The number of halogens is 1. The zero-order valence-corrected chi connectivity index (χ0v) is 11.4. The van der Waals surface area contributed by atoms with Crippen molar-refractivity contribution >= 4 is 34.6 Å². The van der Waals surface area contributed by atoms with Crippen LogP contribution in [0, 0.1) is 5.41 Å². The first-order valence-corrected chi connectivity index (χ1v) is 6.52. The highest BCUT2D eigenvalue weighted by Gasteiger charge is 2.11. The molecule has 0 unspecified atom stereocenters. The van der Waals surface area contributed by atoms with Gasteiger partial charge in [0.15, 0.2) is 0 Å². The van der Waals surface area contributed by atoms with E-state index in [0.29, 0.717) is 17.9 Å². The van der Waals surface area contributed by atoms with E-state index in [2.05, 4.69) is 4.98 Å². The monoisotopic (exact) mass is 280 g/mol. The fourth-order valence-electron chi connectivity index (χ4n) is 1.66. The molecule has 0 atom stereocenters. The minimum atomic E-state index is 0.0224. The van der Waals surface area contributed by atoms with E-state index in [1.165, 1.54) is 11.3 Å². The number of thiophene rings is 1. The number of rotatable bonds is 4. The van der Waals surface area contributed by atoms with Gasteiger partial charge in [-0.2, -0.15) is 0 Å². The zero-order chi connectivity index (χ0) is 13.1. The summed E-state index contributed by atoms with van der Waals surface area (Å²) in [7, 11) is 1.92. The molecule has 2 heterocycles. The van der Waals surface area contributed by atoms with Gasteiger partial charge in [-0.25, -0.2) is 4.98 Å². The van der Waals surface area contributed by atoms with Crippen LogP contribution in [-0.4, -0.2) is 17.9 Å². The molecular formula is C12H13ClN4S. The molecule has 2 aromatic heterocycles. The Balaban J connectivity index is 2.23. The lowest BCUT2D eigenvalue weighted by molar-refractivity contribution is 0.910. The number of nitrogen functional groups attached to an aromatic ring is 1. The molecule has 0 fully saturated rings. The highest BCUT2D eigenvalue weighted by molar-refractivity contribution is 7.16. The molecule has 0 aliphatic rings. The number of nitrogens with two attached hydrogens (primary N) is 1. The van der Waals surface area contributed by atoms with Crippen molar-refractivity contribution in [3.63, 3.8) is 0 Å². The van der Waals surface area contributed by atoms with Crippen molar-refractivity contribution in [3.05, 3.63) is 45.2 Å². The second kappa shape index (κ2) is 5.37. The first-order chi connectivity index (χ1) is 8.58. The van der Waals surface area contributed by atoms with Crippen LogP contribution in [0.2, 0.25) is 4.34 Å². The fourth-order valence-corrected chi connectivity index (χ4v) is 2.80. The second-order valence-corrected chi connectivity index (χ2v) is 5.65. The Bertz CT molecular complexity index is 567. The van der Waals surface area contributed by atoms with Crippen LogP contribution in [0.5, 0.6) is 0 Å². The van der Waals surface area contributed by atoms with Crippen LogP contribution in [0.25, 0.3) is 0 Å². The molecular weight excluding hydrogens is 268 g/mol. The van der Waals surface area contributed by atoms with Crippen molar-refractivity contribution in [1.82, 2.24) is 4.98 Å². The summed E-state index contributed by atoms with van der Waals surface area (Å²) in [6.07, 6.45) is 1.69. The van der Waals surface area contributed by atoms with E-state index in [4.69, 9.17) is 22.7 Å². The summed E-state index contributed by atoms with van der Waals surface area (Å²) in [6.45, 7) is 0.689. The van der Waals surface area contributed by atoms with Gasteiger partial charge in [-0.15, -0.1) is 11.3 Å². The topological polar surface area (TPSA) is 66.0 Å². The Morgan fingerprint density at radius 1 is 1.50 bits per heavy atom. The molecule has 0 aliphatic heterocycles. The molecule has 2 aromatic rings. The standard InChI is InChI=1S/C12H13ClN4S/c1-17(7-8-4-5-10(13)18-8)12-9(11(14)15)3-2-6-16-12/h2-6H,7H2,1H3,(H3,14,15). The molecule has 0 aromatic carbocycles. The van der Waals surface area contributed by atoms with Crippen LogP contribution in [0.15, 0.2) is 30.5 Å². The highest BCUT2D eigenvalue weighted by Crippen LogP contribution is 2.24. The predicted molar refractivity (Wildman–Crippen MR) is 76.7 cm³/mol. The maximum atomic E-state index is 7.55. The van der Waals surface area contributed by atoms with Gasteiger partial charge in [-0.1, -0.05) is 11.6 Å². The van der Waals surface area contributed by atoms with Crippen LogP contribution < -0.4 is 10.6 Å². The maximum Gasteiger partial charge on any atom is 0.139 e. The summed E-state index contributed by atoms with van der Waals surface area (Å²) >= 11 is 7.44. The predicted octanol–water partition coefficient (Wildman–Crippen LogP) is 2.72. The number of hydrogen-bond donors (Lipinski definition) is 2. The summed E-state index contributed by atoms with van der Waals surface area (Å²) in [5, 5.41) is 7.55. The van der Waals surface area contributed by atoms with Crippen LogP contribution in [0.1, 0.15) is 10.4 Å². The third kappa shape index (κ3) is 2.80. The van der Waals surface area contributed by atoms with E-state index in [0.717, 1.165) is 9.21 Å². The van der Waals surface area contributed by atoms with Gasteiger partial charge in [0.05, 0.1) is 16.4 Å². The third-order valence-electron chi connectivity index (χ3n) is 2.46. The lowest BCUT2D eigenvalue weighted by Gasteiger charge is -2.19. The summed E-state index contributed by atoms with van der Waals surface area (Å²) in [4.78, 5) is 7.38. The van der Waals surface area contributed by atoms with Crippen molar-refractivity contribution in [2.24, 2.45) is 5.73 Å². The molecule has 0 bridgehead atoms. The van der Waals surface area contributed by atoms with E-state index in [-0.39, 0.29) is 5.84 Å². The van der Waals surface area contributed by atoms with Gasteiger partial charge in [0.25, 0.3) is 0 Å². The number of amidine groups is 1. The van der Waals surface area contributed by atoms with Crippen molar-refractivity contribution < 1.29 is 0 Å². The second-order valence-electron chi connectivity index (χ2n) is 3.85. The quantitative estimate of drug-likeness (QED) is 0.668. The molecule has 0 radical (unpaired) electrons. The maximum absolute atomic E-state index is 7.55. The van der Waals surface area contributed by atoms with Gasteiger partial charge in [-0.3, -0.25) is 5.41 Å². The van der Waals surface area contributed by atoms with E-state index >= 15 is 0 Å². The summed E-state index contributed by atoms with van der Waals surface area (Å²) in [5.74, 6) is 0.726. The van der Waals surface area contributed by atoms with Gasteiger partial charge < -0.3 is 10.6 Å². The van der Waals surface area contributed by atoms with Crippen LogP contribution in [-0.2, 0) is 6.54 Å². The normalized spacial score (nSPS) is 10.3. The SMILES string of the molecule is CN(Cc1ccc(Cl)s1)c1ncccc1C(=N)N. The largest absolute Gasteiger partial charge is 0.384 e. The Morgan fingerprint density at radius 3 is 2.89 bits per heavy atom. The third-order valence-corrected chi connectivity index (χ3v) is 3.68. The molecule has 0 saturated carbocycles. The summed E-state index contributed by atoms with van der Waals surface area (Å²) < 4.78 is 0.770. The van der Waals surface area contributed by atoms with E-state index < -0.39 is 0 Å². The number of pyridine rings is 1. The minimum absolute atomic E-state index is 0.0224. The van der Waals surface area contributed by atoms with Crippen molar-refractivity contribution in [2.45, 2.75) is 6.54 Å². The van der Waals surface area contributed by atoms with Crippen molar-refractivity contribution in [1.29, 1.82) is 5.41 Å². The van der Waals surface area contributed by atoms with E-state index in [1.54, 1.807) is 18.3 Å². The van der Waals surface area contributed by atoms with Gasteiger partial charge in [0.1, 0.15) is 11.7 Å². The smallest absolute Gasteiger partial charge is 0.139 e. The number of nitrogens with one attached hydrogen (secondary N) is 1. The molecule has 18 heavy (non-hydrogen) atoms. The first-order valence-electron chi connectivity index (χ1n) is 5.32. The highest BCUT2D eigenvalue weighted by atomic mass is 35.5. The molecule has 3 N–H and O–H groups in total. The van der Waals surface area contributed by atoms with Gasteiger partial charge in [0, 0.05) is 18.1 Å². The number of anilines is 1.